The minimum absolute atomic E-state index is 0.337. The molecule has 1 saturated heterocycles. The summed E-state index contributed by atoms with van der Waals surface area (Å²) in [6.07, 6.45) is -0.494. The topological polar surface area (TPSA) is 44.8 Å². The third-order valence-electron chi connectivity index (χ3n) is 1.08. The molecule has 1 aliphatic heterocycles. The maximum Gasteiger partial charge on any atom is 0.305 e. The summed E-state index contributed by atoms with van der Waals surface area (Å²) >= 11 is 0. The van der Waals surface area contributed by atoms with Gasteiger partial charge in [0.05, 0.1) is 13.2 Å². The van der Waals surface area contributed by atoms with E-state index in [1.807, 2.05) is 0 Å². The van der Waals surface area contributed by atoms with Gasteiger partial charge in [-0.25, -0.2) is 0 Å². The fourth-order valence-electron chi connectivity index (χ4n) is 0.719. The van der Waals surface area contributed by atoms with E-state index in [-0.39, 0.29) is 5.97 Å². The van der Waals surface area contributed by atoms with Crippen molar-refractivity contribution in [1.29, 1.82) is 0 Å². The molecule has 58 valence electrons. The van der Waals surface area contributed by atoms with E-state index in [0.717, 1.165) is 0 Å². The standard InChI is InChI=1S/C6H10O4/c1-5(7)10-6-4-8-2-3-9-6/h6H,2-4H2,1H3/t6-/m0/s1. The van der Waals surface area contributed by atoms with E-state index in [1.165, 1.54) is 6.92 Å². The maximum absolute atomic E-state index is 10.4. The molecule has 1 aliphatic rings. The number of ether oxygens (including phenoxy) is 3. The molecule has 4 heteroatoms. The molecule has 1 atom stereocenters. The minimum Gasteiger partial charge on any atom is -0.433 e. The zero-order chi connectivity index (χ0) is 7.40. The zero-order valence-electron chi connectivity index (χ0n) is 5.83. The molecule has 0 spiro atoms. The van der Waals surface area contributed by atoms with Crippen molar-refractivity contribution in [2.75, 3.05) is 19.8 Å². The maximum atomic E-state index is 10.4. The van der Waals surface area contributed by atoms with Crippen LogP contribution in [0.15, 0.2) is 0 Å². The van der Waals surface area contributed by atoms with Crippen molar-refractivity contribution in [2.24, 2.45) is 0 Å². The van der Waals surface area contributed by atoms with Crippen LogP contribution in [0.5, 0.6) is 0 Å². The predicted molar refractivity (Wildman–Crippen MR) is 32.3 cm³/mol. The van der Waals surface area contributed by atoms with Crippen LogP contribution in [0, 0.1) is 0 Å². The molecule has 1 heterocycles. The smallest absolute Gasteiger partial charge is 0.305 e. The second kappa shape index (κ2) is 3.53. The molecule has 0 bridgehead atoms. The fraction of sp³-hybridized carbons (Fsp3) is 0.833. The molecule has 0 radical (unpaired) electrons. The van der Waals surface area contributed by atoms with Gasteiger partial charge in [-0.1, -0.05) is 0 Å². The minimum atomic E-state index is -0.494. The van der Waals surface area contributed by atoms with Crippen molar-refractivity contribution in [3.8, 4) is 0 Å². The first-order valence-electron chi connectivity index (χ1n) is 3.15. The van der Waals surface area contributed by atoms with E-state index in [1.54, 1.807) is 0 Å². The third kappa shape index (κ3) is 2.33. The van der Waals surface area contributed by atoms with Gasteiger partial charge in [0.15, 0.2) is 0 Å². The zero-order valence-corrected chi connectivity index (χ0v) is 5.83. The second-order valence-electron chi connectivity index (χ2n) is 1.98. The molecule has 4 nitrogen and oxygen atoms in total. The lowest BCUT2D eigenvalue weighted by atomic mass is 10.6. The summed E-state index contributed by atoms with van der Waals surface area (Å²) in [5, 5.41) is 0. The van der Waals surface area contributed by atoms with Crippen LogP contribution in [-0.2, 0) is 19.0 Å². The van der Waals surface area contributed by atoms with Crippen LogP contribution < -0.4 is 0 Å². The van der Waals surface area contributed by atoms with Crippen LogP contribution in [0.1, 0.15) is 6.92 Å². The SMILES string of the molecule is CC(=O)O[C@H]1COCCO1. The lowest BCUT2D eigenvalue weighted by Crippen LogP contribution is -2.32. The lowest BCUT2D eigenvalue weighted by molar-refractivity contribution is -0.212. The Morgan fingerprint density at radius 3 is 2.90 bits per heavy atom. The summed E-state index contributed by atoms with van der Waals surface area (Å²) in [6, 6.07) is 0. The molecule has 1 rings (SSSR count). The molecule has 0 aromatic heterocycles. The van der Waals surface area contributed by atoms with E-state index >= 15 is 0 Å². The predicted octanol–water partition coefficient (Wildman–Crippen LogP) is -0.0776. The van der Waals surface area contributed by atoms with Crippen LogP contribution in [0.2, 0.25) is 0 Å². The monoisotopic (exact) mass is 146 g/mol. The van der Waals surface area contributed by atoms with Gasteiger partial charge in [0.2, 0.25) is 6.29 Å². The summed E-state index contributed by atoms with van der Waals surface area (Å²) < 4.78 is 14.7. The van der Waals surface area contributed by atoms with Gasteiger partial charge in [-0.2, -0.15) is 0 Å². The number of hydrogen-bond acceptors (Lipinski definition) is 4. The average molecular weight is 146 g/mol. The Labute approximate surface area is 59.1 Å². The normalized spacial score (nSPS) is 25.9. The number of rotatable bonds is 1. The highest BCUT2D eigenvalue weighted by molar-refractivity contribution is 5.66. The molecular formula is C6H10O4. The van der Waals surface area contributed by atoms with Crippen LogP contribution in [-0.4, -0.2) is 32.1 Å². The van der Waals surface area contributed by atoms with Gasteiger partial charge in [-0.3, -0.25) is 4.79 Å². The van der Waals surface area contributed by atoms with Gasteiger partial charge in [0.1, 0.15) is 6.61 Å². The quantitative estimate of drug-likeness (QED) is 0.485. The van der Waals surface area contributed by atoms with Crippen LogP contribution in [0.25, 0.3) is 0 Å². The van der Waals surface area contributed by atoms with Gasteiger partial charge in [-0.05, 0) is 0 Å². The summed E-state index contributed by atoms with van der Waals surface area (Å²) in [6.45, 7) is 2.77. The van der Waals surface area contributed by atoms with Crippen molar-refractivity contribution < 1.29 is 19.0 Å². The van der Waals surface area contributed by atoms with Crippen LogP contribution in [0.4, 0.5) is 0 Å². The highest BCUT2D eigenvalue weighted by atomic mass is 16.7. The lowest BCUT2D eigenvalue weighted by Gasteiger charge is -2.21. The Morgan fingerprint density at radius 2 is 2.40 bits per heavy atom. The van der Waals surface area contributed by atoms with Crippen molar-refractivity contribution in [2.45, 2.75) is 13.2 Å². The molecule has 0 amide bonds. The summed E-state index contributed by atoms with van der Waals surface area (Å²) in [4.78, 5) is 10.4. The molecular weight excluding hydrogens is 136 g/mol. The van der Waals surface area contributed by atoms with E-state index in [0.29, 0.717) is 19.8 Å². The van der Waals surface area contributed by atoms with Crippen molar-refractivity contribution in [1.82, 2.24) is 0 Å². The largest absolute Gasteiger partial charge is 0.433 e. The van der Waals surface area contributed by atoms with Crippen molar-refractivity contribution in [3.05, 3.63) is 0 Å². The Kier molecular flexibility index (Phi) is 2.65. The van der Waals surface area contributed by atoms with Gasteiger partial charge in [0, 0.05) is 6.92 Å². The molecule has 0 unspecified atom stereocenters. The summed E-state index contributed by atoms with van der Waals surface area (Å²) in [5.74, 6) is -0.337. The number of hydrogen-bond donors (Lipinski definition) is 0. The highest BCUT2D eigenvalue weighted by Crippen LogP contribution is 2.01. The molecule has 1 fully saturated rings. The Morgan fingerprint density at radius 1 is 1.60 bits per heavy atom. The molecule has 0 aliphatic carbocycles. The van der Waals surface area contributed by atoms with Gasteiger partial charge in [0.25, 0.3) is 0 Å². The highest BCUT2D eigenvalue weighted by Gasteiger charge is 2.15. The molecule has 0 saturated carbocycles. The summed E-state index contributed by atoms with van der Waals surface area (Å²) in [5.41, 5.74) is 0. The van der Waals surface area contributed by atoms with E-state index in [9.17, 15) is 4.79 Å². The molecule has 10 heavy (non-hydrogen) atoms. The molecule has 0 aromatic carbocycles. The van der Waals surface area contributed by atoms with Gasteiger partial charge in [-0.15, -0.1) is 0 Å². The van der Waals surface area contributed by atoms with E-state index in [4.69, 9.17) is 14.2 Å². The molecule has 0 aromatic rings. The number of carbonyl (C=O) groups is 1. The Balaban J connectivity index is 2.19. The van der Waals surface area contributed by atoms with Crippen LogP contribution >= 0.6 is 0 Å². The molecule has 0 N–H and O–H groups in total. The van der Waals surface area contributed by atoms with E-state index < -0.39 is 6.29 Å². The first kappa shape index (κ1) is 7.50. The summed E-state index contributed by atoms with van der Waals surface area (Å²) in [7, 11) is 0. The van der Waals surface area contributed by atoms with Crippen LogP contribution in [0.3, 0.4) is 0 Å². The number of carbonyl (C=O) groups excluding carboxylic acids is 1. The Bertz CT molecular complexity index is 117. The second-order valence-corrected chi connectivity index (χ2v) is 1.98. The van der Waals surface area contributed by atoms with Crippen molar-refractivity contribution in [3.63, 3.8) is 0 Å². The Hall–Kier alpha value is -0.610. The third-order valence-corrected chi connectivity index (χ3v) is 1.08. The fourth-order valence-corrected chi connectivity index (χ4v) is 0.719. The van der Waals surface area contributed by atoms with E-state index in [2.05, 4.69) is 0 Å². The van der Waals surface area contributed by atoms with Gasteiger partial charge >= 0.3 is 5.97 Å². The first-order valence-corrected chi connectivity index (χ1v) is 3.15. The first-order chi connectivity index (χ1) is 4.79. The van der Waals surface area contributed by atoms with Crippen molar-refractivity contribution >= 4 is 5.97 Å². The average Bonchev–Trinajstić information content (AvgIpc) is 1.88. The van der Waals surface area contributed by atoms with Gasteiger partial charge < -0.3 is 14.2 Å². The number of esters is 1.